The normalized spacial score (nSPS) is 10.6. The Bertz CT molecular complexity index is 460. The summed E-state index contributed by atoms with van der Waals surface area (Å²) in [6, 6.07) is 8.29. The van der Waals surface area contributed by atoms with Gasteiger partial charge < -0.3 is 10.3 Å². The summed E-state index contributed by atoms with van der Waals surface area (Å²) in [7, 11) is 0. The highest BCUT2D eigenvalue weighted by molar-refractivity contribution is 5.27. The molecule has 0 atom stereocenters. The lowest BCUT2D eigenvalue weighted by Gasteiger charge is -2.10. The van der Waals surface area contributed by atoms with Gasteiger partial charge in [-0.1, -0.05) is 31.2 Å². The van der Waals surface area contributed by atoms with Crippen LogP contribution >= 0.6 is 0 Å². The Morgan fingerprint density at radius 2 is 2.00 bits per heavy atom. The minimum absolute atomic E-state index is 0.590. The molecule has 1 aromatic heterocycles. The van der Waals surface area contributed by atoms with E-state index in [1.165, 1.54) is 11.1 Å². The van der Waals surface area contributed by atoms with Crippen molar-refractivity contribution in [2.24, 2.45) is 5.73 Å². The van der Waals surface area contributed by atoms with Crippen molar-refractivity contribution in [2.75, 3.05) is 0 Å². The number of hydrogen-bond donors (Lipinski definition) is 1. The van der Waals surface area contributed by atoms with Gasteiger partial charge in [0.15, 0.2) is 0 Å². The lowest BCUT2D eigenvalue weighted by molar-refractivity contribution is 0.725. The fourth-order valence-corrected chi connectivity index (χ4v) is 1.89. The van der Waals surface area contributed by atoms with E-state index in [1.807, 2.05) is 18.5 Å². The zero-order valence-electron chi connectivity index (χ0n) is 9.56. The van der Waals surface area contributed by atoms with Gasteiger partial charge in [0, 0.05) is 31.9 Å². The summed E-state index contributed by atoms with van der Waals surface area (Å²) < 4.78 is 2.18. The smallest absolute Gasteiger partial charge is 0.108 e. The number of aromatic nitrogens is 2. The Morgan fingerprint density at radius 1 is 1.25 bits per heavy atom. The second kappa shape index (κ2) is 4.94. The van der Waals surface area contributed by atoms with E-state index in [2.05, 4.69) is 34.7 Å². The van der Waals surface area contributed by atoms with Crippen molar-refractivity contribution >= 4 is 0 Å². The Hall–Kier alpha value is -1.61. The van der Waals surface area contributed by atoms with Crippen molar-refractivity contribution in [3.63, 3.8) is 0 Å². The number of hydrogen-bond acceptors (Lipinski definition) is 2. The van der Waals surface area contributed by atoms with Crippen LogP contribution in [0.25, 0.3) is 0 Å². The van der Waals surface area contributed by atoms with Crippen LogP contribution in [0.4, 0.5) is 0 Å². The molecule has 3 heteroatoms. The molecule has 3 nitrogen and oxygen atoms in total. The SMILES string of the molecule is CCc1nccn1Cc1ccccc1CN. The Morgan fingerprint density at radius 3 is 2.69 bits per heavy atom. The van der Waals surface area contributed by atoms with E-state index in [0.29, 0.717) is 6.54 Å². The third-order valence-electron chi connectivity index (χ3n) is 2.80. The quantitative estimate of drug-likeness (QED) is 0.847. The average Bonchev–Trinajstić information content (AvgIpc) is 2.77. The highest BCUT2D eigenvalue weighted by Crippen LogP contribution is 2.11. The van der Waals surface area contributed by atoms with Crippen LogP contribution < -0.4 is 5.73 Å². The maximum Gasteiger partial charge on any atom is 0.108 e. The summed E-state index contributed by atoms with van der Waals surface area (Å²) in [5, 5.41) is 0. The number of nitrogens with zero attached hydrogens (tertiary/aromatic N) is 2. The van der Waals surface area contributed by atoms with Gasteiger partial charge >= 0.3 is 0 Å². The van der Waals surface area contributed by atoms with Crippen molar-refractivity contribution in [3.05, 3.63) is 53.6 Å². The first kappa shape index (κ1) is 10.9. The van der Waals surface area contributed by atoms with Crippen molar-refractivity contribution in [3.8, 4) is 0 Å². The van der Waals surface area contributed by atoms with Crippen LogP contribution in [0.1, 0.15) is 23.9 Å². The first-order chi connectivity index (χ1) is 7.85. The van der Waals surface area contributed by atoms with Crippen molar-refractivity contribution in [2.45, 2.75) is 26.4 Å². The third kappa shape index (κ3) is 2.14. The molecule has 2 N–H and O–H groups in total. The van der Waals surface area contributed by atoms with E-state index < -0.39 is 0 Å². The molecule has 0 saturated heterocycles. The van der Waals surface area contributed by atoms with Gasteiger partial charge in [-0.2, -0.15) is 0 Å². The molecule has 0 saturated carbocycles. The van der Waals surface area contributed by atoms with Gasteiger partial charge in [0.25, 0.3) is 0 Å². The molecule has 2 aromatic rings. The van der Waals surface area contributed by atoms with E-state index >= 15 is 0 Å². The first-order valence-electron chi connectivity index (χ1n) is 5.62. The van der Waals surface area contributed by atoms with Crippen molar-refractivity contribution in [1.82, 2.24) is 9.55 Å². The van der Waals surface area contributed by atoms with Gasteiger partial charge in [-0.25, -0.2) is 4.98 Å². The highest BCUT2D eigenvalue weighted by atomic mass is 15.1. The number of benzene rings is 1. The minimum atomic E-state index is 0.590. The maximum atomic E-state index is 5.73. The molecule has 2 rings (SSSR count). The monoisotopic (exact) mass is 215 g/mol. The van der Waals surface area contributed by atoms with Crippen LogP contribution in [-0.2, 0) is 19.5 Å². The van der Waals surface area contributed by atoms with E-state index in [9.17, 15) is 0 Å². The first-order valence-corrected chi connectivity index (χ1v) is 5.62. The van der Waals surface area contributed by atoms with Gasteiger partial charge in [0.2, 0.25) is 0 Å². The molecule has 0 aliphatic rings. The van der Waals surface area contributed by atoms with Crippen molar-refractivity contribution < 1.29 is 0 Å². The zero-order chi connectivity index (χ0) is 11.4. The van der Waals surface area contributed by atoms with Gasteiger partial charge in [-0.05, 0) is 11.1 Å². The third-order valence-corrected chi connectivity index (χ3v) is 2.80. The van der Waals surface area contributed by atoms with E-state index in [4.69, 9.17) is 5.73 Å². The van der Waals surface area contributed by atoms with Crippen LogP contribution in [0.2, 0.25) is 0 Å². The minimum Gasteiger partial charge on any atom is -0.331 e. The molecule has 0 amide bonds. The number of aryl methyl sites for hydroxylation is 1. The summed E-state index contributed by atoms with van der Waals surface area (Å²) in [5.41, 5.74) is 8.21. The summed E-state index contributed by atoms with van der Waals surface area (Å²) >= 11 is 0. The fraction of sp³-hybridized carbons (Fsp3) is 0.308. The van der Waals surface area contributed by atoms with E-state index in [0.717, 1.165) is 18.8 Å². The molecule has 0 bridgehead atoms. The summed E-state index contributed by atoms with van der Waals surface area (Å²) in [6.07, 6.45) is 4.83. The van der Waals surface area contributed by atoms with Crippen LogP contribution in [0.15, 0.2) is 36.7 Å². The maximum absolute atomic E-state index is 5.73. The number of imidazole rings is 1. The molecule has 0 aliphatic carbocycles. The van der Waals surface area contributed by atoms with E-state index in [1.54, 1.807) is 0 Å². The average molecular weight is 215 g/mol. The van der Waals surface area contributed by atoms with Gasteiger partial charge in [0.05, 0.1) is 0 Å². The van der Waals surface area contributed by atoms with E-state index in [-0.39, 0.29) is 0 Å². The Labute approximate surface area is 95.9 Å². The predicted molar refractivity (Wildman–Crippen MR) is 65.0 cm³/mol. The predicted octanol–water partition coefficient (Wildman–Crippen LogP) is 1.95. The van der Waals surface area contributed by atoms with Crippen LogP contribution in [0, 0.1) is 0 Å². The summed E-state index contributed by atoms with van der Waals surface area (Å²) in [6.45, 7) is 3.57. The molecule has 0 radical (unpaired) electrons. The molecule has 0 aliphatic heterocycles. The molecule has 0 spiro atoms. The molecule has 0 unspecified atom stereocenters. The van der Waals surface area contributed by atoms with Gasteiger partial charge in [-0.3, -0.25) is 0 Å². The molecule has 1 heterocycles. The number of rotatable bonds is 4. The fourth-order valence-electron chi connectivity index (χ4n) is 1.89. The molecular formula is C13H17N3. The highest BCUT2D eigenvalue weighted by Gasteiger charge is 2.04. The summed E-state index contributed by atoms with van der Waals surface area (Å²) in [5.74, 6) is 1.12. The van der Waals surface area contributed by atoms with Crippen LogP contribution in [0.5, 0.6) is 0 Å². The zero-order valence-corrected chi connectivity index (χ0v) is 9.56. The van der Waals surface area contributed by atoms with Gasteiger partial charge in [-0.15, -0.1) is 0 Å². The standard InChI is InChI=1S/C13H17N3/c1-2-13-15-7-8-16(13)10-12-6-4-3-5-11(12)9-14/h3-8H,2,9-10,14H2,1H3. The second-order valence-corrected chi connectivity index (χ2v) is 3.80. The largest absolute Gasteiger partial charge is 0.331 e. The molecule has 1 aromatic carbocycles. The second-order valence-electron chi connectivity index (χ2n) is 3.80. The molecular weight excluding hydrogens is 198 g/mol. The lowest BCUT2D eigenvalue weighted by Crippen LogP contribution is -2.08. The lowest BCUT2D eigenvalue weighted by atomic mass is 10.1. The Kier molecular flexibility index (Phi) is 3.37. The van der Waals surface area contributed by atoms with Crippen molar-refractivity contribution in [1.29, 1.82) is 0 Å². The molecule has 16 heavy (non-hydrogen) atoms. The Balaban J connectivity index is 2.26. The molecule has 0 fully saturated rings. The number of nitrogens with two attached hydrogens (primary N) is 1. The van der Waals surface area contributed by atoms with Gasteiger partial charge in [0.1, 0.15) is 5.82 Å². The summed E-state index contributed by atoms with van der Waals surface area (Å²) in [4.78, 5) is 4.32. The van der Waals surface area contributed by atoms with Crippen LogP contribution in [-0.4, -0.2) is 9.55 Å². The topological polar surface area (TPSA) is 43.8 Å². The van der Waals surface area contributed by atoms with Crippen LogP contribution in [0.3, 0.4) is 0 Å². The molecule has 84 valence electrons.